The third-order valence-electron chi connectivity index (χ3n) is 6.02. The van der Waals surface area contributed by atoms with E-state index in [1.165, 1.54) is 13.2 Å². The third kappa shape index (κ3) is 6.79. The number of hydrogen-bond acceptors (Lipinski definition) is 7. The molecule has 0 spiro atoms. The van der Waals surface area contributed by atoms with Crippen LogP contribution < -0.4 is 14.8 Å². The van der Waals surface area contributed by atoms with Crippen molar-refractivity contribution in [3.05, 3.63) is 72.3 Å². The van der Waals surface area contributed by atoms with Crippen molar-refractivity contribution in [3.63, 3.8) is 0 Å². The van der Waals surface area contributed by atoms with Gasteiger partial charge in [-0.3, -0.25) is 4.68 Å². The number of hydrogen-bond donors (Lipinski definition) is 2. The minimum atomic E-state index is -3.56. The Morgan fingerprint density at radius 3 is 2.49 bits per heavy atom. The summed E-state index contributed by atoms with van der Waals surface area (Å²) < 4.78 is 48.7. The van der Waals surface area contributed by atoms with Crippen LogP contribution in [0.2, 0.25) is 0 Å². The van der Waals surface area contributed by atoms with Gasteiger partial charge in [-0.1, -0.05) is 17.7 Å². The van der Waals surface area contributed by atoms with Crippen LogP contribution in [0.15, 0.2) is 65.8 Å². The highest BCUT2D eigenvalue weighted by Gasteiger charge is 2.22. The molecule has 0 fully saturated rings. The van der Waals surface area contributed by atoms with Crippen LogP contribution in [0.5, 0.6) is 5.75 Å². The van der Waals surface area contributed by atoms with E-state index in [-0.39, 0.29) is 22.7 Å². The maximum atomic E-state index is 14.1. The monoisotopic (exact) mass is 552 g/mol. The second kappa shape index (κ2) is 11.5. The van der Waals surface area contributed by atoms with Crippen molar-refractivity contribution in [2.24, 2.45) is 0 Å². The lowest BCUT2D eigenvalue weighted by molar-refractivity contribution is 0.356. The molecule has 0 radical (unpaired) electrons. The molecule has 0 aliphatic heterocycles. The van der Waals surface area contributed by atoms with Gasteiger partial charge in [0.1, 0.15) is 5.69 Å². The van der Waals surface area contributed by atoms with E-state index in [1.807, 2.05) is 38.6 Å². The highest BCUT2D eigenvalue weighted by atomic mass is 32.2. The fraction of sp³-hybridized carbons (Fsp3) is 0.321. The van der Waals surface area contributed by atoms with Crippen LogP contribution in [0, 0.1) is 12.7 Å². The topological polar surface area (TPSA) is 111 Å². The summed E-state index contributed by atoms with van der Waals surface area (Å²) in [5.41, 5.74) is 3.43. The van der Waals surface area contributed by atoms with Gasteiger partial charge < -0.3 is 10.1 Å². The smallest absolute Gasteiger partial charge is 0.240 e. The fourth-order valence-corrected chi connectivity index (χ4v) is 4.89. The number of nitrogens with zero attached hydrogens (tertiary/aromatic N) is 4. The lowest BCUT2D eigenvalue weighted by Gasteiger charge is -2.18. The molecule has 0 unspecified atom stereocenters. The number of aromatic nitrogens is 4. The first-order valence-corrected chi connectivity index (χ1v) is 14.0. The molecule has 4 rings (SSSR count). The van der Waals surface area contributed by atoms with Crippen molar-refractivity contribution in [2.75, 3.05) is 25.5 Å². The molecule has 2 aromatic carbocycles. The van der Waals surface area contributed by atoms with Crippen molar-refractivity contribution in [1.29, 1.82) is 0 Å². The Balaban J connectivity index is 1.48. The summed E-state index contributed by atoms with van der Waals surface area (Å²) in [7, 11) is -2.14. The molecule has 9 nitrogen and oxygen atoms in total. The highest BCUT2D eigenvalue weighted by molar-refractivity contribution is 7.89. The lowest BCUT2D eigenvalue weighted by atomic mass is 10.1. The molecule has 11 heteroatoms. The summed E-state index contributed by atoms with van der Waals surface area (Å²) >= 11 is 0. The molecular formula is C28H33FN6O3S. The van der Waals surface area contributed by atoms with Crippen LogP contribution in [0.25, 0.3) is 22.5 Å². The van der Waals surface area contributed by atoms with Crippen molar-refractivity contribution >= 4 is 16.0 Å². The van der Waals surface area contributed by atoms with Gasteiger partial charge >= 0.3 is 0 Å². The Labute approximate surface area is 228 Å². The minimum absolute atomic E-state index is 0.131. The number of ether oxygens (including phenoxy) is 1. The molecule has 2 aromatic heterocycles. The summed E-state index contributed by atoms with van der Waals surface area (Å²) in [5.74, 6) is 0.0829. The molecule has 0 saturated heterocycles. The van der Waals surface area contributed by atoms with Crippen LogP contribution in [0.1, 0.15) is 32.8 Å². The number of sulfonamides is 1. The molecular weight excluding hydrogens is 519 g/mol. The van der Waals surface area contributed by atoms with Gasteiger partial charge in [-0.15, -0.1) is 0 Å². The van der Waals surface area contributed by atoms with E-state index in [0.29, 0.717) is 35.9 Å². The van der Waals surface area contributed by atoms with Crippen LogP contribution in [0.4, 0.5) is 10.3 Å². The van der Waals surface area contributed by atoms with Crippen LogP contribution in [-0.2, 0) is 15.6 Å². The van der Waals surface area contributed by atoms with E-state index in [0.717, 1.165) is 11.1 Å². The maximum Gasteiger partial charge on any atom is 0.240 e. The van der Waals surface area contributed by atoms with E-state index < -0.39 is 15.8 Å². The Morgan fingerprint density at radius 2 is 1.79 bits per heavy atom. The van der Waals surface area contributed by atoms with Gasteiger partial charge in [-0.2, -0.15) is 5.10 Å². The second-order valence-electron chi connectivity index (χ2n) is 10.1. The Bertz CT molecular complexity index is 1550. The molecule has 0 aliphatic rings. The first-order chi connectivity index (χ1) is 18.5. The lowest BCUT2D eigenvalue weighted by Crippen LogP contribution is -2.26. The van der Waals surface area contributed by atoms with E-state index >= 15 is 0 Å². The van der Waals surface area contributed by atoms with Crippen LogP contribution in [-0.4, -0.2) is 48.4 Å². The average molecular weight is 553 g/mol. The molecule has 0 bridgehead atoms. The quantitative estimate of drug-likeness (QED) is 0.266. The zero-order valence-electron chi connectivity index (χ0n) is 22.7. The van der Waals surface area contributed by atoms with Gasteiger partial charge in [0.2, 0.25) is 16.0 Å². The van der Waals surface area contributed by atoms with E-state index in [1.54, 1.807) is 48.7 Å². The van der Waals surface area contributed by atoms with E-state index in [2.05, 4.69) is 20.0 Å². The number of anilines is 1. The predicted octanol–water partition coefficient (Wildman–Crippen LogP) is 5.00. The molecule has 0 aliphatic carbocycles. The SMILES string of the molecule is COc1cc(-c2nn(C(C)(C)C)cc2-c2ccnc(NCCCNS(=O)(=O)c3ccc(C)cc3)n2)ccc1F. The standard InChI is InChI=1S/C28H33FN6O3S/c1-19-7-10-21(11-8-19)39(36,37)32-15-6-14-30-27-31-16-13-24(33-27)22-18-35(28(2,3)4)34-26(22)20-9-12-23(29)25(17-20)38-5/h7-13,16-18,32H,6,14-15H2,1-5H3,(H,30,31,33). The molecule has 0 saturated carbocycles. The molecule has 2 N–H and O–H groups in total. The average Bonchev–Trinajstić information content (AvgIpc) is 3.36. The summed E-state index contributed by atoms with van der Waals surface area (Å²) in [6.07, 6.45) is 4.09. The van der Waals surface area contributed by atoms with Gasteiger partial charge in [0, 0.05) is 36.6 Å². The van der Waals surface area contributed by atoms with Crippen molar-refractivity contribution in [1.82, 2.24) is 24.5 Å². The van der Waals surface area contributed by atoms with Crippen molar-refractivity contribution < 1.29 is 17.5 Å². The Morgan fingerprint density at radius 1 is 1.05 bits per heavy atom. The molecule has 2 heterocycles. The molecule has 0 atom stereocenters. The summed E-state index contributed by atoms with van der Waals surface area (Å²) in [4.78, 5) is 9.21. The molecule has 0 amide bonds. The summed E-state index contributed by atoms with van der Waals surface area (Å²) in [6, 6.07) is 13.1. The van der Waals surface area contributed by atoms with Crippen LogP contribution in [0.3, 0.4) is 0 Å². The van der Waals surface area contributed by atoms with Crippen molar-refractivity contribution in [2.45, 2.75) is 44.6 Å². The second-order valence-corrected chi connectivity index (χ2v) is 11.9. The van der Waals surface area contributed by atoms with Gasteiger partial charge in [0.15, 0.2) is 11.6 Å². The van der Waals surface area contributed by atoms with Crippen molar-refractivity contribution in [3.8, 4) is 28.3 Å². The molecule has 39 heavy (non-hydrogen) atoms. The number of aryl methyl sites for hydroxylation is 1. The summed E-state index contributed by atoms with van der Waals surface area (Å²) in [5, 5.41) is 7.95. The van der Waals surface area contributed by atoms with Gasteiger partial charge in [0.05, 0.1) is 23.2 Å². The first kappa shape index (κ1) is 28.2. The zero-order chi connectivity index (χ0) is 28.2. The summed E-state index contributed by atoms with van der Waals surface area (Å²) in [6.45, 7) is 8.75. The van der Waals surface area contributed by atoms with Gasteiger partial charge in [-0.25, -0.2) is 27.5 Å². The third-order valence-corrected chi connectivity index (χ3v) is 7.49. The predicted molar refractivity (Wildman–Crippen MR) is 150 cm³/mol. The molecule has 4 aromatic rings. The zero-order valence-corrected chi connectivity index (χ0v) is 23.5. The Kier molecular flexibility index (Phi) is 8.31. The number of benzene rings is 2. The minimum Gasteiger partial charge on any atom is -0.494 e. The van der Waals surface area contributed by atoms with Gasteiger partial charge in [-0.05, 0) is 70.5 Å². The number of rotatable bonds is 10. The number of halogens is 1. The van der Waals surface area contributed by atoms with E-state index in [9.17, 15) is 12.8 Å². The fourth-order valence-electron chi connectivity index (χ4n) is 3.82. The number of methoxy groups -OCH3 is 1. The normalized spacial score (nSPS) is 11.9. The molecule has 206 valence electrons. The van der Waals surface area contributed by atoms with Crippen LogP contribution >= 0.6 is 0 Å². The van der Waals surface area contributed by atoms with E-state index in [4.69, 9.17) is 9.84 Å². The first-order valence-electron chi connectivity index (χ1n) is 12.6. The number of nitrogens with one attached hydrogen (secondary N) is 2. The Hall–Kier alpha value is -3.83. The maximum absolute atomic E-state index is 14.1. The largest absolute Gasteiger partial charge is 0.494 e. The highest BCUT2D eigenvalue weighted by Crippen LogP contribution is 2.34. The van der Waals surface area contributed by atoms with Gasteiger partial charge in [0.25, 0.3) is 0 Å².